The Morgan fingerprint density at radius 1 is 0.763 bits per heavy atom. The first-order valence-electron chi connectivity index (χ1n) is 12.3. The molecule has 0 aliphatic heterocycles. The van der Waals surface area contributed by atoms with Crippen LogP contribution in [0.25, 0.3) is 17.2 Å². The van der Waals surface area contributed by atoms with Crippen LogP contribution in [0.2, 0.25) is 0 Å². The quantitative estimate of drug-likeness (QED) is 0.307. The third-order valence-electron chi connectivity index (χ3n) is 7.36. The van der Waals surface area contributed by atoms with Gasteiger partial charge in [-0.1, -0.05) is 56.3 Å². The molecule has 3 rings (SSSR count). The summed E-state index contributed by atoms with van der Waals surface area (Å²) in [7, 11) is 0. The molecule has 0 saturated carbocycles. The van der Waals surface area contributed by atoms with E-state index in [1.165, 1.54) is 6.07 Å². The molecule has 1 heterocycles. The number of hydrogen-bond acceptors (Lipinski definition) is 2. The lowest BCUT2D eigenvalue weighted by atomic mass is 9.69. The van der Waals surface area contributed by atoms with Crippen molar-refractivity contribution in [2.75, 3.05) is 0 Å². The standard InChI is InChI=1S/C30H31F6NO/c1-6-27(7-2,25-10-11-26(21(5)16-25)23-14-19(3)17-37-18-23)24-9-8-22(20(4)15-24)12-13-28(38,29(31,32)33)30(34,35)36/h8-18,38H,6-7H2,1-5H3/b13-12+. The molecule has 0 atom stereocenters. The monoisotopic (exact) mass is 535 g/mol. The van der Waals surface area contributed by atoms with Crippen LogP contribution in [0.4, 0.5) is 26.3 Å². The number of aryl methyl sites for hydroxylation is 3. The number of aromatic nitrogens is 1. The second-order valence-electron chi connectivity index (χ2n) is 9.74. The van der Waals surface area contributed by atoms with E-state index in [4.69, 9.17) is 0 Å². The van der Waals surface area contributed by atoms with E-state index < -0.39 is 23.4 Å². The number of nitrogens with zero attached hydrogens (tertiary/aromatic N) is 1. The van der Waals surface area contributed by atoms with Crippen LogP contribution in [0.1, 0.15) is 60.1 Å². The van der Waals surface area contributed by atoms with E-state index in [9.17, 15) is 31.4 Å². The third-order valence-corrected chi connectivity index (χ3v) is 7.36. The number of pyridine rings is 1. The van der Waals surface area contributed by atoms with Gasteiger partial charge in [-0.25, -0.2) is 0 Å². The average molecular weight is 536 g/mol. The molecule has 1 N–H and O–H groups in total. The van der Waals surface area contributed by atoms with Crippen LogP contribution < -0.4 is 0 Å². The van der Waals surface area contributed by atoms with E-state index in [-0.39, 0.29) is 11.6 Å². The van der Waals surface area contributed by atoms with Gasteiger partial charge in [0, 0.05) is 23.4 Å². The van der Waals surface area contributed by atoms with Crippen molar-refractivity contribution in [1.82, 2.24) is 4.98 Å². The Hall–Kier alpha value is -3.13. The molecule has 0 fully saturated rings. The van der Waals surface area contributed by atoms with Gasteiger partial charge >= 0.3 is 12.4 Å². The van der Waals surface area contributed by atoms with Gasteiger partial charge in [-0.15, -0.1) is 0 Å². The van der Waals surface area contributed by atoms with Gasteiger partial charge < -0.3 is 5.11 Å². The predicted octanol–water partition coefficient (Wildman–Crippen LogP) is 8.65. The van der Waals surface area contributed by atoms with E-state index in [1.54, 1.807) is 25.3 Å². The SMILES string of the molecule is CCC(CC)(c1ccc(/C=C/C(O)(C(F)(F)F)C(F)(F)F)c(C)c1)c1ccc(-c2cncc(C)c2)c(C)c1. The molecule has 0 amide bonds. The fourth-order valence-corrected chi connectivity index (χ4v) is 4.94. The highest BCUT2D eigenvalue weighted by atomic mass is 19.4. The van der Waals surface area contributed by atoms with Crippen LogP contribution in [-0.4, -0.2) is 28.0 Å². The van der Waals surface area contributed by atoms with Crippen LogP contribution in [0.5, 0.6) is 0 Å². The van der Waals surface area contributed by atoms with Gasteiger partial charge in [-0.2, -0.15) is 26.3 Å². The Morgan fingerprint density at radius 2 is 1.32 bits per heavy atom. The van der Waals surface area contributed by atoms with Crippen molar-refractivity contribution >= 4 is 6.08 Å². The van der Waals surface area contributed by atoms with Crippen molar-refractivity contribution < 1.29 is 31.4 Å². The third kappa shape index (κ3) is 5.37. The number of alkyl halides is 6. The lowest BCUT2D eigenvalue weighted by Crippen LogP contribution is -2.55. The Balaban J connectivity index is 2.04. The summed E-state index contributed by atoms with van der Waals surface area (Å²) in [6.45, 7) is 9.73. The number of hydrogen-bond donors (Lipinski definition) is 1. The minimum atomic E-state index is -5.91. The zero-order valence-corrected chi connectivity index (χ0v) is 21.9. The highest BCUT2D eigenvalue weighted by Crippen LogP contribution is 2.45. The molecule has 0 spiro atoms. The number of rotatable bonds is 7. The molecule has 3 aromatic rings. The van der Waals surface area contributed by atoms with Crippen LogP contribution in [0.15, 0.2) is 60.9 Å². The number of aliphatic hydroxyl groups is 1. The summed E-state index contributed by atoms with van der Waals surface area (Å²) in [5, 5.41) is 9.45. The normalized spacial score (nSPS) is 13.4. The van der Waals surface area contributed by atoms with Crippen molar-refractivity contribution in [3.63, 3.8) is 0 Å². The first-order valence-corrected chi connectivity index (χ1v) is 12.3. The van der Waals surface area contributed by atoms with E-state index in [0.717, 1.165) is 46.2 Å². The lowest BCUT2D eigenvalue weighted by molar-refractivity contribution is -0.347. The summed E-state index contributed by atoms with van der Waals surface area (Å²) in [4.78, 5) is 4.28. The Morgan fingerprint density at radius 3 is 1.79 bits per heavy atom. The lowest BCUT2D eigenvalue weighted by Gasteiger charge is -2.34. The van der Waals surface area contributed by atoms with E-state index >= 15 is 0 Å². The van der Waals surface area contributed by atoms with Crippen LogP contribution in [-0.2, 0) is 5.41 Å². The van der Waals surface area contributed by atoms with Gasteiger partial charge in [-0.3, -0.25) is 4.98 Å². The zero-order valence-electron chi connectivity index (χ0n) is 21.9. The van der Waals surface area contributed by atoms with Gasteiger partial charge in [-0.05, 0) is 84.7 Å². The van der Waals surface area contributed by atoms with Gasteiger partial charge in [0.1, 0.15) is 0 Å². The van der Waals surface area contributed by atoms with Gasteiger partial charge in [0.2, 0.25) is 0 Å². The van der Waals surface area contributed by atoms with Crippen molar-refractivity contribution in [1.29, 1.82) is 0 Å². The molecule has 204 valence electrons. The minimum absolute atomic E-state index is 0.153. The first-order chi connectivity index (χ1) is 17.6. The molecule has 0 aliphatic carbocycles. The molecule has 0 radical (unpaired) electrons. The molecule has 2 nitrogen and oxygen atoms in total. The molecule has 0 aliphatic rings. The summed E-state index contributed by atoms with van der Waals surface area (Å²) in [5.41, 5.74) is 1.46. The molecule has 0 unspecified atom stereocenters. The maximum Gasteiger partial charge on any atom is 0.430 e. The minimum Gasteiger partial charge on any atom is -0.370 e. The molecule has 2 aromatic carbocycles. The Labute approximate surface area is 219 Å². The van der Waals surface area contributed by atoms with Crippen LogP contribution in [0, 0.1) is 20.8 Å². The topological polar surface area (TPSA) is 33.1 Å². The van der Waals surface area contributed by atoms with Gasteiger partial charge in [0.15, 0.2) is 0 Å². The molecule has 1 aromatic heterocycles. The molecular formula is C30H31F6NO. The summed E-state index contributed by atoms with van der Waals surface area (Å²) >= 11 is 0. The number of benzene rings is 2. The Kier molecular flexibility index (Phi) is 8.18. The van der Waals surface area contributed by atoms with Crippen molar-refractivity contribution in [2.24, 2.45) is 0 Å². The average Bonchev–Trinajstić information content (AvgIpc) is 2.83. The smallest absolute Gasteiger partial charge is 0.370 e. The van der Waals surface area contributed by atoms with Crippen LogP contribution >= 0.6 is 0 Å². The van der Waals surface area contributed by atoms with E-state index in [1.807, 2.05) is 33.9 Å². The summed E-state index contributed by atoms with van der Waals surface area (Å²) in [5.74, 6) is 0. The molecule has 38 heavy (non-hydrogen) atoms. The Bertz CT molecular complexity index is 1310. The van der Waals surface area contributed by atoms with Gasteiger partial charge in [0.25, 0.3) is 5.60 Å². The predicted molar refractivity (Wildman–Crippen MR) is 138 cm³/mol. The van der Waals surface area contributed by atoms with Crippen molar-refractivity contribution in [3.05, 3.63) is 94.3 Å². The molecule has 8 heteroatoms. The maximum atomic E-state index is 13.1. The van der Waals surface area contributed by atoms with E-state index in [0.29, 0.717) is 11.6 Å². The van der Waals surface area contributed by atoms with Crippen molar-refractivity contribution in [3.8, 4) is 11.1 Å². The molecule has 0 saturated heterocycles. The highest BCUT2D eigenvalue weighted by molar-refractivity contribution is 5.68. The zero-order chi connectivity index (χ0) is 28.5. The van der Waals surface area contributed by atoms with Gasteiger partial charge in [0.05, 0.1) is 0 Å². The second kappa shape index (κ2) is 10.6. The highest BCUT2D eigenvalue weighted by Gasteiger charge is 2.68. The first kappa shape index (κ1) is 29.4. The fraction of sp³-hybridized carbons (Fsp3) is 0.367. The fourth-order valence-electron chi connectivity index (χ4n) is 4.94. The summed E-state index contributed by atoms with van der Waals surface area (Å²) < 4.78 is 78.4. The van der Waals surface area contributed by atoms with E-state index in [2.05, 4.69) is 29.2 Å². The summed E-state index contributed by atoms with van der Waals surface area (Å²) in [6, 6.07) is 13.3. The molecule has 0 bridgehead atoms. The molecular weight excluding hydrogens is 504 g/mol. The number of halogens is 6. The van der Waals surface area contributed by atoms with Crippen molar-refractivity contribution in [2.45, 2.75) is 70.8 Å². The largest absolute Gasteiger partial charge is 0.430 e. The van der Waals surface area contributed by atoms with Crippen LogP contribution in [0.3, 0.4) is 0 Å². The second-order valence-corrected chi connectivity index (χ2v) is 9.74. The maximum absolute atomic E-state index is 13.1. The summed E-state index contributed by atoms with van der Waals surface area (Å²) in [6.07, 6.45) is -6.31.